The molecular formula is C13H18N2O2. The van der Waals surface area contributed by atoms with Crippen molar-refractivity contribution < 1.29 is 9.15 Å². The highest BCUT2D eigenvalue weighted by Gasteiger charge is 2.14. The predicted molar refractivity (Wildman–Crippen MR) is 67.1 cm³/mol. The van der Waals surface area contributed by atoms with E-state index in [1.165, 1.54) is 0 Å². The summed E-state index contributed by atoms with van der Waals surface area (Å²) in [7, 11) is 1.63. The number of nitrogens with two attached hydrogens (primary N) is 1. The molecule has 1 heterocycles. The monoisotopic (exact) mass is 234 g/mol. The van der Waals surface area contributed by atoms with Crippen molar-refractivity contribution in [2.24, 2.45) is 5.73 Å². The van der Waals surface area contributed by atoms with Gasteiger partial charge < -0.3 is 14.9 Å². The number of rotatable bonds is 4. The van der Waals surface area contributed by atoms with Gasteiger partial charge in [-0.1, -0.05) is 6.07 Å². The molecule has 0 aliphatic carbocycles. The number of ether oxygens (including phenoxy) is 1. The summed E-state index contributed by atoms with van der Waals surface area (Å²) in [6, 6.07) is 5.66. The number of hydrogen-bond acceptors (Lipinski definition) is 4. The smallest absolute Gasteiger partial charge is 0.195 e. The van der Waals surface area contributed by atoms with Gasteiger partial charge in [-0.15, -0.1) is 0 Å². The quantitative estimate of drug-likeness (QED) is 0.883. The second kappa shape index (κ2) is 4.37. The molecule has 4 heteroatoms. The van der Waals surface area contributed by atoms with Gasteiger partial charge in [-0.2, -0.15) is 0 Å². The Morgan fingerprint density at radius 3 is 2.82 bits per heavy atom. The minimum Gasteiger partial charge on any atom is -0.494 e. The molecule has 4 nitrogen and oxygen atoms in total. The van der Waals surface area contributed by atoms with Crippen molar-refractivity contribution in [3.8, 4) is 5.75 Å². The van der Waals surface area contributed by atoms with Crippen LogP contribution < -0.4 is 10.5 Å². The molecule has 0 aliphatic rings. The normalized spacial score (nSPS) is 12.0. The number of benzene rings is 1. The topological polar surface area (TPSA) is 61.3 Å². The third-order valence-corrected chi connectivity index (χ3v) is 2.63. The molecule has 0 atom stereocenters. The maximum Gasteiger partial charge on any atom is 0.195 e. The van der Waals surface area contributed by atoms with Gasteiger partial charge in [0.1, 0.15) is 5.75 Å². The van der Waals surface area contributed by atoms with E-state index in [4.69, 9.17) is 14.9 Å². The van der Waals surface area contributed by atoms with Crippen LogP contribution in [0, 0.1) is 0 Å². The molecule has 0 saturated heterocycles. The Bertz CT molecular complexity index is 512. The Morgan fingerprint density at radius 2 is 2.18 bits per heavy atom. The molecule has 0 spiro atoms. The van der Waals surface area contributed by atoms with Gasteiger partial charge in [0.25, 0.3) is 0 Å². The zero-order chi connectivity index (χ0) is 12.5. The fraction of sp³-hybridized carbons (Fsp3) is 0.462. The second-order valence-electron chi connectivity index (χ2n) is 4.90. The fourth-order valence-corrected chi connectivity index (χ4v) is 1.67. The highest BCUT2D eigenvalue weighted by atomic mass is 16.5. The average molecular weight is 234 g/mol. The summed E-state index contributed by atoms with van der Waals surface area (Å²) in [6.07, 6.45) is 1.57. The first-order valence-corrected chi connectivity index (χ1v) is 5.71. The molecule has 0 radical (unpaired) electrons. The Labute approximate surface area is 101 Å². The molecule has 0 aliphatic heterocycles. The summed E-state index contributed by atoms with van der Waals surface area (Å²) < 4.78 is 10.9. The molecule has 2 aromatic rings. The van der Waals surface area contributed by atoms with Crippen LogP contribution >= 0.6 is 0 Å². The molecule has 17 heavy (non-hydrogen) atoms. The van der Waals surface area contributed by atoms with E-state index >= 15 is 0 Å². The van der Waals surface area contributed by atoms with Crippen molar-refractivity contribution in [1.29, 1.82) is 0 Å². The van der Waals surface area contributed by atoms with Crippen LogP contribution in [-0.4, -0.2) is 17.6 Å². The Kier molecular flexibility index (Phi) is 3.07. The molecule has 0 saturated carbocycles. The second-order valence-corrected chi connectivity index (χ2v) is 4.90. The molecule has 2 rings (SSSR count). The maximum atomic E-state index is 5.94. The number of para-hydroxylation sites is 1. The van der Waals surface area contributed by atoms with Gasteiger partial charge in [-0.3, -0.25) is 0 Å². The molecular weight excluding hydrogens is 216 g/mol. The molecule has 0 bridgehead atoms. The first kappa shape index (κ1) is 11.9. The number of aryl methyl sites for hydroxylation is 1. The summed E-state index contributed by atoms with van der Waals surface area (Å²) in [4.78, 5) is 4.44. The lowest BCUT2D eigenvalue weighted by molar-refractivity contribution is 0.419. The van der Waals surface area contributed by atoms with E-state index in [0.29, 0.717) is 5.89 Å². The SMILES string of the molecule is COc1cccc2oc(CCC(C)(C)N)nc12. The largest absolute Gasteiger partial charge is 0.494 e. The molecule has 1 aromatic carbocycles. The van der Waals surface area contributed by atoms with Gasteiger partial charge in [-0.25, -0.2) is 4.98 Å². The van der Waals surface area contributed by atoms with Gasteiger partial charge in [0.15, 0.2) is 17.0 Å². The van der Waals surface area contributed by atoms with Crippen LogP contribution in [0.4, 0.5) is 0 Å². The Balaban J connectivity index is 2.26. The zero-order valence-electron chi connectivity index (χ0n) is 10.5. The summed E-state index contributed by atoms with van der Waals surface area (Å²) in [5, 5.41) is 0. The van der Waals surface area contributed by atoms with Crippen LogP contribution in [0.5, 0.6) is 5.75 Å². The number of nitrogens with zero attached hydrogens (tertiary/aromatic N) is 1. The van der Waals surface area contributed by atoms with Gasteiger partial charge >= 0.3 is 0 Å². The number of methoxy groups -OCH3 is 1. The highest BCUT2D eigenvalue weighted by molar-refractivity contribution is 5.79. The molecule has 0 unspecified atom stereocenters. The van der Waals surface area contributed by atoms with Crippen molar-refractivity contribution >= 4 is 11.1 Å². The van der Waals surface area contributed by atoms with E-state index in [-0.39, 0.29) is 5.54 Å². The van der Waals surface area contributed by atoms with Gasteiger partial charge in [0.05, 0.1) is 7.11 Å². The van der Waals surface area contributed by atoms with Crippen LogP contribution in [0.1, 0.15) is 26.2 Å². The molecule has 2 N–H and O–H groups in total. The third kappa shape index (κ3) is 2.77. The Hall–Kier alpha value is -1.55. The average Bonchev–Trinajstić information content (AvgIpc) is 2.67. The summed E-state index contributed by atoms with van der Waals surface area (Å²) in [6.45, 7) is 3.99. The summed E-state index contributed by atoms with van der Waals surface area (Å²) in [5.74, 6) is 1.45. The minimum atomic E-state index is -0.204. The molecule has 92 valence electrons. The van der Waals surface area contributed by atoms with Crippen molar-refractivity contribution in [1.82, 2.24) is 4.98 Å². The lowest BCUT2D eigenvalue weighted by atomic mass is 10.0. The fourth-order valence-electron chi connectivity index (χ4n) is 1.67. The standard InChI is InChI=1S/C13H18N2O2/c1-13(2,14)8-7-11-15-12-9(16-3)5-4-6-10(12)17-11/h4-6H,7-8,14H2,1-3H3. The van der Waals surface area contributed by atoms with Crippen molar-refractivity contribution in [2.75, 3.05) is 7.11 Å². The highest BCUT2D eigenvalue weighted by Crippen LogP contribution is 2.26. The third-order valence-electron chi connectivity index (χ3n) is 2.63. The Morgan fingerprint density at radius 1 is 1.41 bits per heavy atom. The van der Waals surface area contributed by atoms with E-state index in [9.17, 15) is 0 Å². The van der Waals surface area contributed by atoms with Crippen LogP contribution in [0.3, 0.4) is 0 Å². The van der Waals surface area contributed by atoms with Crippen LogP contribution in [-0.2, 0) is 6.42 Å². The first-order valence-electron chi connectivity index (χ1n) is 5.71. The summed E-state index contributed by atoms with van der Waals surface area (Å²) >= 11 is 0. The van der Waals surface area contributed by atoms with Crippen molar-refractivity contribution in [3.63, 3.8) is 0 Å². The first-order chi connectivity index (χ1) is 7.99. The van der Waals surface area contributed by atoms with E-state index in [2.05, 4.69) is 4.98 Å². The van der Waals surface area contributed by atoms with Gasteiger partial charge in [0, 0.05) is 12.0 Å². The van der Waals surface area contributed by atoms with Crippen molar-refractivity contribution in [3.05, 3.63) is 24.1 Å². The lowest BCUT2D eigenvalue weighted by Gasteiger charge is -2.16. The van der Waals surface area contributed by atoms with Crippen LogP contribution in [0.25, 0.3) is 11.1 Å². The molecule has 0 amide bonds. The van der Waals surface area contributed by atoms with Crippen LogP contribution in [0.2, 0.25) is 0 Å². The number of fused-ring (bicyclic) bond motifs is 1. The molecule has 1 aromatic heterocycles. The lowest BCUT2D eigenvalue weighted by Crippen LogP contribution is -2.32. The summed E-state index contributed by atoms with van der Waals surface area (Å²) in [5.41, 5.74) is 7.27. The predicted octanol–water partition coefficient (Wildman–Crippen LogP) is 2.51. The van der Waals surface area contributed by atoms with E-state index in [0.717, 1.165) is 29.7 Å². The maximum absolute atomic E-state index is 5.94. The van der Waals surface area contributed by atoms with E-state index in [1.54, 1.807) is 7.11 Å². The number of oxazole rings is 1. The number of aromatic nitrogens is 1. The van der Waals surface area contributed by atoms with Crippen molar-refractivity contribution in [2.45, 2.75) is 32.2 Å². The number of hydrogen-bond donors (Lipinski definition) is 1. The van der Waals surface area contributed by atoms with Gasteiger partial charge in [-0.05, 0) is 32.4 Å². The van der Waals surface area contributed by atoms with E-state index in [1.807, 2.05) is 32.0 Å². The molecule has 0 fully saturated rings. The minimum absolute atomic E-state index is 0.204. The van der Waals surface area contributed by atoms with Gasteiger partial charge in [0.2, 0.25) is 0 Å². The zero-order valence-corrected chi connectivity index (χ0v) is 10.5. The van der Waals surface area contributed by atoms with Crippen LogP contribution in [0.15, 0.2) is 22.6 Å². The van der Waals surface area contributed by atoms with E-state index < -0.39 is 0 Å².